The van der Waals surface area contributed by atoms with Crippen molar-refractivity contribution in [3.63, 3.8) is 0 Å². The van der Waals surface area contributed by atoms with Crippen LogP contribution in [-0.4, -0.2) is 40.6 Å². The summed E-state index contributed by atoms with van der Waals surface area (Å²) in [6, 6.07) is 3.64. The zero-order valence-electron chi connectivity index (χ0n) is 10.9. The molecule has 0 aliphatic carbocycles. The summed E-state index contributed by atoms with van der Waals surface area (Å²) >= 11 is 1.45. The minimum Gasteiger partial charge on any atom is -0.462 e. The van der Waals surface area contributed by atoms with Crippen molar-refractivity contribution >= 4 is 17.2 Å². The number of likely N-dealkylation sites (N-methyl/N-ethyl adjacent to an activating group) is 1. The van der Waals surface area contributed by atoms with Crippen molar-refractivity contribution in [1.82, 2.24) is 9.88 Å². The van der Waals surface area contributed by atoms with Crippen LogP contribution in [0, 0.1) is 0 Å². The molecule has 2 heterocycles. The number of thiazole rings is 1. The summed E-state index contributed by atoms with van der Waals surface area (Å²) in [5, 5.41) is 11.9. The largest absolute Gasteiger partial charge is 0.462 e. The first-order valence-corrected chi connectivity index (χ1v) is 6.84. The van der Waals surface area contributed by atoms with E-state index < -0.39 is 6.10 Å². The average Bonchev–Trinajstić information content (AvgIpc) is 2.96. The maximum absolute atomic E-state index is 11.9. The van der Waals surface area contributed by atoms with Crippen molar-refractivity contribution in [3.8, 4) is 10.8 Å². The van der Waals surface area contributed by atoms with Crippen molar-refractivity contribution in [1.29, 1.82) is 0 Å². The first-order chi connectivity index (χ1) is 9.06. The Hall–Kier alpha value is -1.66. The van der Waals surface area contributed by atoms with Gasteiger partial charge in [0.05, 0.1) is 24.5 Å². The van der Waals surface area contributed by atoms with E-state index in [-0.39, 0.29) is 12.3 Å². The molecule has 0 bridgehead atoms. The standard InChI is InChI=1S/C13H16N2O3S/c1-9(16)7-15(2)12(17)6-10-8-19-13(14-10)11-4-3-5-18-11/h3-5,8-9,16H,6-7H2,1-2H3. The van der Waals surface area contributed by atoms with Crippen LogP contribution >= 0.6 is 11.3 Å². The summed E-state index contributed by atoms with van der Waals surface area (Å²) in [6.45, 7) is 1.98. The van der Waals surface area contributed by atoms with Gasteiger partial charge in [-0.1, -0.05) is 0 Å². The molecule has 0 fully saturated rings. The molecule has 1 amide bonds. The molecule has 19 heavy (non-hydrogen) atoms. The van der Waals surface area contributed by atoms with Gasteiger partial charge in [0.15, 0.2) is 10.8 Å². The number of nitrogens with zero attached hydrogens (tertiary/aromatic N) is 2. The van der Waals surface area contributed by atoms with Crippen LogP contribution in [0.3, 0.4) is 0 Å². The Morgan fingerprint density at radius 3 is 3.05 bits per heavy atom. The molecule has 1 unspecified atom stereocenters. The first kappa shape index (κ1) is 13.8. The molecule has 0 spiro atoms. The van der Waals surface area contributed by atoms with Gasteiger partial charge in [0.1, 0.15) is 0 Å². The zero-order valence-corrected chi connectivity index (χ0v) is 11.7. The smallest absolute Gasteiger partial charge is 0.228 e. The molecule has 2 aromatic rings. The first-order valence-electron chi connectivity index (χ1n) is 5.96. The summed E-state index contributed by atoms with van der Waals surface area (Å²) in [4.78, 5) is 17.8. The predicted molar refractivity (Wildman–Crippen MR) is 72.8 cm³/mol. The van der Waals surface area contributed by atoms with Crippen LogP contribution in [0.25, 0.3) is 10.8 Å². The summed E-state index contributed by atoms with van der Waals surface area (Å²) < 4.78 is 5.26. The summed E-state index contributed by atoms with van der Waals surface area (Å²) in [5.41, 5.74) is 0.721. The molecular formula is C13H16N2O3S. The second-order valence-corrected chi connectivity index (χ2v) is 5.28. The van der Waals surface area contributed by atoms with Gasteiger partial charge in [0.2, 0.25) is 5.91 Å². The van der Waals surface area contributed by atoms with Crippen LogP contribution < -0.4 is 0 Å². The molecule has 6 heteroatoms. The molecule has 0 radical (unpaired) electrons. The lowest BCUT2D eigenvalue weighted by atomic mass is 10.3. The van der Waals surface area contributed by atoms with Crippen LogP contribution in [0.2, 0.25) is 0 Å². The van der Waals surface area contributed by atoms with Crippen molar-refractivity contribution in [3.05, 3.63) is 29.5 Å². The molecule has 0 saturated heterocycles. The molecule has 5 nitrogen and oxygen atoms in total. The van der Waals surface area contributed by atoms with E-state index in [9.17, 15) is 9.90 Å². The van der Waals surface area contributed by atoms with Crippen LogP contribution in [0.4, 0.5) is 0 Å². The molecule has 2 rings (SSSR count). The number of hydrogen-bond acceptors (Lipinski definition) is 5. The number of amides is 1. The van der Waals surface area contributed by atoms with Crippen molar-refractivity contribution in [2.75, 3.05) is 13.6 Å². The second-order valence-electron chi connectivity index (χ2n) is 4.42. The van der Waals surface area contributed by atoms with Crippen molar-refractivity contribution in [2.24, 2.45) is 0 Å². The third-order valence-corrected chi connectivity index (χ3v) is 3.49. The van der Waals surface area contributed by atoms with Crippen LogP contribution in [-0.2, 0) is 11.2 Å². The summed E-state index contributed by atoms with van der Waals surface area (Å²) in [5.74, 6) is 0.651. The Kier molecular flexibility index (Phi) is 4.34. The maximum atomic E-state index is 11.9. The average molecular weight is 280 g/mol. The van der Waals surface area contributed by atoms with Gasteiger partial charge in [0.25, 0.3) is 0 Å². The van der Waals surface area contributed by atoms with E-state index in [0.717, 1.165) is 10.7 Å². The number of hydrogen-bond donors (Lipinski definition) is 1. The Morgan fingerprint density at radius 1 is 1.63 bits per heavy atom. The number of rotatable bonds is 5. The molecule has 0 aliphatic rings. The SMILES string of the molecule is CC(O)CN(C)C(=O)Cc1csc(-c2ccco2)n1. The van der Waals surface area contributed by atoms with Crippen molar-refractivity contribution < 1.29 is 14.3 Å². The maximum Gasteiger partial charge on any atom is 0.228 e. The van der Waals surface area contributed by atoms with E-state index in [2.05, 4.69) is 4.98 Å². The minimum absolute atomic E-state index is 0.0582. The van der Waals surface area contributed by atoms with E-state index in [1.807, 2.05) is 11.4 Å². The van der Waals surface area contributed by atoms with Gasteiger partial charge in [-0.15, -0.1) is 11.3 Å². The van der Waals surface area contributed by atoms with E-state index >= 15 is 0 Å². The third kappa shape index (κ3) is 3.65. The van der Waals surface area contributed by atoms with Gasteiger partial charge in [-0.3, -0.25) is 4.79 Å². The molecule has 0 aromatic carbocycles. The predicted octanol–water partition coefficient (Wildman–Crippen LogP) is 1.78. The van der Waals surface area contributed by atoms with Gasteiger partial charge in [-0.2, -0.15) is 0 Å². The second kappa shape index (κ2) is 5.99. The number of carbonyl (C=O) groups excluding carboxylic acids is 1. The Balaban J connectivity index is 1.98. The molecule has 102 valence electrons. The highest BCUT2D eigenvalue weighted by molar-refractivity contribution is 7.13. The summed E-state index contributed by atoms with van der Waals surface area (Å²) in [7, 11) is 1.68. The summed E-state index contributed by atoms with van der Waals surface area (Å²) in [6.07, 6.45) is 1.31. The third-order valence-electron chi connectivity index (χ3n) is 2.58. The Labute approximate surface area is 115 Å². The lowest BCUT2D eigenvalue weighted by molar-refractivity contribution is -0.130. The molecule has 2 aromatic heterocycles. The topological polar surface area (TPSA) is 66.6 Å². The van der Waals surface area contributed by atoms with Gasteiger partial charge in [-0.05, 0) is 19.1 Å². The number of furan rings is 1. The molecular weight excluding hydrogens is 264 g/mol. The fourth-order valence-corrected chi connectivity index (χ4v) is 2.48. The van der Waals surface area contributed by atoms with Crippen LogP contribution in [0.5, 0.6) is 0 Å². The van der Waals surface area contributed by atoms with E-state index in [1.165, 1.54) is 16.2 Å². The van der Waals surface area contributed by atoms with Gasteiger partial charge in [-0.25, -0.2) is 4.98 Å². The van der Waals surface area contributed by atoms with Crippen LogP contribution in [0.15, 0.2) is 28.2 Å². The molecule has 0 aliphatic heterocycles. The lowest BCUT2D eigenvalue weighted by Crippen LogP contribution is -2.34. The number of aliphatic hydroxyl groups is 1. The number of aromatic nitrogens is 1. The van der Waals surface area contributed by atoms with Crippen LogP contribution in [0.1, 0.15) is 12.6 Å². The van der Waals surface area contributed by atoms with E-state index in [0.29, 0.717) is 12.3 Å². The number of carbonyl (C=O) groups is 1. The van der Waals surface area contributed by atoms with Gasteiger partial charge >= 0.3 is 0 Å². The quantitative estimate of drug-likeness (QED) is 0.906. The van der Waals surface area contributed by atoms with Gasteiger partial charge < -0.3 is 14.4 Å². The molecule has 0 saturated carbocycles. The monoisotopic (exact) mass is 280 g/mol. The van der Waals surface area contributed by atoms with E-state index in [1.54, 1.807) is 26.3 Å². The van der Waals surface area contributed by atoms with E-state index in [4.69, 9.17) is 4.42 Å². The number of aliphatic hydroxyl groups excluding tert-OH is 1. The fraction of sp³-hybridized carbons (Fsp3) is 0.385. The molecule has 1 atom stereocenters. The highest BCUT2D eigenvalue weighted by Crippen LogP contribution is 2.24. The van der Waals surface area contributed by atoms with Crippen molar-refractivity contribution in [2.45, 2.75) is 19.4 Å². The Morgan fingerprint density at radius 2 is 2.42 bits per heavy atom. The fourth-order valence-electron chi connectivity index (χ4n) is 1.69. The Bertz CT molecular complexity index is 534. The normalized spacial score (nSPS) is 12.4. The lowest BCUT2D eigenvalue weighted by Gasteiger charge is -2.18. The zero-order chi connectivity index (χ0) is 13.8. The van der Waals surface area contributed by atoms with Gasteiger partial charge in [0, 0.05) is 19.0 Å². The highest BCUT2D eigenvalue weighted by atomic mass is 32.1. The minimum atomic E-state index is -0.525. The highest BCUT2D eigenvalue weighted by Gasteiger charge is 2.14. The molecule has 1 N–H and O–H groups in total.